The van der Waals surface area contributed by atoms with Gasteiger partial charge >= 0.3 is 11.6 Å². The maximum Gasteiger partial charge on any atom is 0.332 e. The fourth-order valence-electron chi connectivity index (χ4n) is 6.58. The monoisotopic (exact) mass is 715 g/mol. The molecule has 15 heteroatoms. The molecule has 2 aliphatic rings. The van der Waals surface area contributed by atoms with E-state index < -0.39 is 41.0 Å². The number of hydrogen-bond acceptors (Lipinski definition) is 9. The van der Waals surface area contributed by atoms with Crippen LogP contribution in [0.2, 0.25) is 0 Å². The first-order valence-electron chi connectivity index (χ1n) is 16.8. The van der Waals surface area contributed by atoms with Gasteiger partial charge in [0, 0.05) is 79.4 Å². The van der Waals surface area contributed by atoms with Gasteiger partial charge in [-0.25, -0.2) is 19.1 Å². The second kappa shape index (κ2) is 13.8. The number of benzene rings is 3. The average Bonchev–Trinajstić information content (AvgIpc) is 3.81. The summed E-state index contributed by atoms with van der Waals surface area (Å²) in [6.07, 6.45) is 5.97. The number of hydrazone groups is 1. The van der Waals surface area contributed by atoms with Gasteiger partial charge in [-0.3, -0.25) is 19.1 Å². The molecule has 270 valence electrons. The van der Waals surface area contributed by atoms with Gasteiger partial charge in [0.25, 0.3) is 0 Å². The maximum absolute atomic E-state index is 16.2. The molecule has 1 atom stereocenters. The van der Waals surface area contributed by atoms with E-state index in [0.29, 0.717) is 11.6 Å². The highest BCUT2D eigenvalue weighted by atomic mass is 19.3. The summed E-state index contributed by atoms with van der Waals surface area (Å²) in [5.74, 6) is -6.41. The van der Waals surface area contributed by atoms with Gasteiger partial charge in [-0.1, -0.05) is 18.2 Å². The molecule has 1 saturated heterocycles. The SMILES string of the molecule is CC(C)n1ccn(-c2ccc(N3CCN(c4ccc(-c5ccc(C(F)(F)C(O)(CN6C=NNN6)c6ccc(F)cc6F)nc5)cc4)CC3)cc2)c1=O. The molecular weight excluding hydrogens is 678 g/mol. The molecule has 3 aromatic carbocycles. The van der Waals surface area contributed by atoms with Crippen LogP contribution < -0.4 is 26.6 Å². The Morgan fingerprint density at radius 1 is 0.827 bits per heavy atom. The molecule has 7 rings (SSSR count). The van der Waals surface area contributed by atoms with Crippen LogP contribution >= 0.6 is 0 Å². The smallest absolute Gasteiger partial charge is 0.332 e. The number of pyridine rings is 1. The summed E-state index contributed by atoms with van der Waals surface area (Å²) in [5.41, 5.74) is 4.18. The van der Waals surface area contributed by atoms with Gasteiger partial charge in [0.2, 0.25) is 0 Å². The van der Waals surface area contributed by atoms with Gasteiger partial charge in [-0.2, -0.15) is 13.9 Å². The first-order chi connectivity index (χ1) is 24.9. The largest absolute Gasteiger partial charge is 0.377 e. The summed E-state index contributed by atoms with van der Waals surface area (Å²) < 4.78 is 64.2. The minimum absolute atomic E-state index is 0.0678. The number of nitrogens with one attached hydrogen (secondary N) is 2. The molecule has 2 aliphatic heterocycles. The second-order valence-corrected chi connectivity index (χ2v) is 13.1. The Balaban J connectivity index is 1.01. The molecule has 2 aromatic heterocycles. The summed E-state index contributed by atoms with van der Waals surface area (Å²) in [6.45, 7) is 6.28. The highest BCUT2D eigenvalue weighted by Crippen LogP contribution is 2.46. The predicted octanol–water partition coefficient (Wildman–Crippen LogP) is 5.13. The predicted molar refractivity (Wildman–Crippen MR) is 190 cm³/mol. The van der Waals surface area contributed by atoms with Crippen LogP contribution in [0.25, 0.3) is 16.8 Å². The molecule has 0 amide bonds. The van der Waals surface area contributed by atoms with E-state index in [1.807, 2.05) is 62.4 Å². The molecule has 1 unspecified atom stereocenters. The maximum atomic E-state index is 16.2. The van der Waals surface area contributed by atoms with Crippen LogP contribution in [0.3, 0.4) is 0 Å². The number of hydrogen-bond donors (Lipinski definition) is 3. The van der Waals surface area contributed by atoms with Crippen molar-refractivity contribution in [3.63, 3.8) is 0 Å². The first-order valence-corrected chi connectivity index (χ1v) is 16.8. The normalized spacial score (nSPS) is 16.0. The van der Waals surface area contributed by atoms with Crippen molar-refractivity contribution >= 4 is 17.7 Å². The number of imidazole rings is 1. The third-order valence-corrected chi connectivity index (χ3v) is 9.53. The van der Waals surface area contributed by atoms with E-state index in [0.717, 1.165) is 78.4 Å². The zero-order valence-electron chi connectivity index (χ0n) is 28.4. The van der Waals surface area contributed by atoms with Crippen molar-refractivity contribution in [3.8, 4) is 16.8 Å². The van der Waals surface area contributed by atoms with E-state index in [1.165, 1.54) is 12.3 Å². The molecule has 52 heavy (non-hydrogen) atoms. The van der Waals surface area contributed by atoms with Gasteiger partial charge in [-0.05, 0) is 74.0 Å². The van der Waals surface area contributed by atoms with Crippen molar-refractivity contribution < 1.29 is 22.7 Å². The average molecular weight is 716 g/mol. The Morgan fingerprint density at radius 3 is 1.98 bits per heavy atom. The summed E-state index contributed by atoms with van der Waals surface area (Å²) in [4.78, 5) is 21.3. The van der Waals surface area contributed by atoms with E-state index in [-0.39, 0.29) is 11.7 Å². The lowest BCUT2D eigenvalue weighted by atomic mass is 9.84. The van der Waals surface area contributed by atoms with E-state index in [1.54, 1.807) is 21.5 Å². The minimum Gasteiger partial charge on any atom is -0.377 e. The van der Waals surface area contributed by atoms with Crippen molar-refractivity contribution in [2.24, 2.45) is 5.10 Å². The fourth-order valence-corrected chi connectivity index (χ4v) is 6.58. The van der Waals surface area contributed by atoms with E-state index in [9.17, 15) is 18.7 Å². The molecule has 0 radical (unpaired) electrons. The summed E-state index contributed by atoms with van der Waals surface area (Å²) in [7, 11) is 0. The third-order valence-electron chi connectivity index (χ3n) is 9.53. The molecule has 11 nitrogen and oxygen atoms in total. The zero-order valence-corrected chi connectivity index (χ0v) is 28.4. The molecule has 3 N–H and O–H groups in total. The van der Waals surface area contributed by atoms with Gasteiger partial charge in [0.1, 0.15) is 23.7 Å². The number of alkyl halides is 2. The molecule has 5 aromatic rings. The Hall–Kier alpha value is -5.67. The number of halogens is 4. The van der Waals surface area contributed by atoms with Crippen LogP contribution in [0.15, 0.2) is 107 Å². The van der Waals surface area contributed by atoms with E-state index in [2.05, 4.69) is 31.0 Å². The molecule has 1 fully saturated rings. The molecule has 0 bridgehead atoms. The Bertz CT molecular complexity index is 2110. The molecular formula is C37H37F4N9O2. The minimum atomic E-state index is -4.12. The first kappa shape index (κ1) is 34.8. The van der Waals surface area contributed by atoms with Crippen molar-refractivity contribution in [2.75, 3.05) is 42.5 Å². The Morgan fingerprint density at radius 2 is 1.44 bits per heavy atom. The quantitative estimate of drug-likeness (QED) is 0.171. The number of nitrogens with zero attached hydrogens (tertiary/aromatic N) is 7. The fraction of sp³-hybridized carbons (Fsp3) is 0.270. The van der Waals surface area contributed by atoms with Gasteiger partial charge < -0.3 is 14.9 Å². The lowest BCUT2D eigenvalue weighted by molar-refractivity contribution is -0.206. The van der Waals surface area contributed by atoms with Crippen LogP contribution in [0.4, 0.5) is 28.9 Å². The Kier molecular flexibility index (Phi) is 9.23. The number of aromatic nitrogens is 3. The van der Waals surface area contributed by atoms with Crippen LogP contribution in [-0.2, 0) is 11.5 Å². The number of β-amino-alcohol motifs (C(OH)–C–C–N with tert-alkyl or cyclic N) is 1. The van der Waals surface area contributed by atoms with Crippen molar-refractivity contribution in [1.29, 1.82) is 0 Å². The number of anilines is 2. The van der Waals surface area contributed by atoms with Gasteiger partial charge in [0.05, 0.1) is 12.2 Å². The number of rotatable bonds is 10. The lowest BCUT2D eigenvalue weighted by Gasteiger charge is -2.38. The van der Waals surface area contributed by atoms with Crippen LogP contribution in [0, 0.1) is 11.6 Å². The summed E-state index contributed by atoms with van der Waals surface area (Å²) in [6, 6.07) is 20.4. The van der Waals surface area contributed by atoms with Crippen LogP contribution in [0.1, 0.15) is 31.1 Å². The number of hydrazine groups is 2. The molecule has 0 aliphatic carbocycles. The van der Waals surface area contributed by atoms with Crippen molar-refractivity contribution in [1.82, 2.24) is 30.2 Å². The van der Waals surface area contributed by atoms with E-state index in [4.69, 9.17) is 0 Å². The molecule has 4 heterocycles. The summed E-state index contributed by atoms with van der Waals surface area (Å²) >= 11 is 0. The van der Waals surface area contributed by atoms with Crippen LogP contribution in [0.5, 0.6) is 0 Å². The van der Waals surface area contributed by atoms with Crippen LogP contribution in [-0.4, -0.2) is 63.3 Å². The highest BCUT2D eigenvalue weighted by molar-refractivity contribution is 5.66. The second-order valence-electron chi connectivity index (χ2n) is 13.1. The van der Waals surface area contributed by atoms with Gasteiger partial charge in [0.15, 0.2) is 5.60 Å². The number of aliphatic hydroxyl groups is 1. The zero-order chi connectivity index (χ0) is 36.6. The lowest BCUT2D eigenvalue weighted by Crippen LogP contribution is -2.54. The van der Waals surface area contributed by atoms with E-state index >= 15 is 8.78 Å². The standard InChI is InChI=1S/C37H37F4N9O2/c1-25(2)49-19-20-50(35(49)51)31-11-9-30(10-12-31)47-17-15-46(16-18-47)29-7-3-26(4-8-29)27-5-14-34(42-22-27)37(40,41)36(52,23-48-24-43-44-45-48)32-13-6-28(38)21-33(32)39/h3-14,19-22,24-25,44-45,52H,15-18,23H2,1-2H3. The molecule has 0 spiro atoms. The number of piperazine rings is 1. The highest BCUT2D eigenvalue weighted by Gasteiger charge is 2.58. The third kappa shape index (κ3) is 6.48. The molecule has 0 saturated carbocycles. The van der Waals surface area contributed by atoms with Crippen molar-refractivity contribution in [3.05, 3.63) is 131 Å². The topological polar surface area (TPSA) is 106 Å². The van der Waals surface area contributed by atoms with Gasteiger partial charge in [-0.15, -0.1) is 5.53 Å². The van der Waals surface area contributed by atoms with Crippen molar-refractivity contribution in [2.45, 2.75) is 31.4 Å². The summed E-state index contributed by atoms with van der Waals surface area (Å²) in [5, 5.41) is 16.1. The Labute approximate surface area is 297 Å².